The summed E-state index contributed by atoms with van der Waals surface area (Å²) in [4.78, 5) is 13.9. The van der Waals surface area contributed by atoms with Gasteiger partial charge in [0, 0.05) is 29.7 Å². The Hall–Kier alpha value is -3.17. The van der Waals surface area contributed by atoms with Gasteiger partial charge in [-0.25, -0.2) is 4.79 Å². The average Bonchev–Trinajstić information content (AvgIpc) is 3.53. The van der Waals surface area contributed by atoms with Crippen molar-refractivity contribution in [2.45, 2.75) is 19.4 Å². The number of benzene rings is 3. The molecule has 7 heteroatoms. The summed E-state index contributed by atoms with van der Waals surface area (Å²) in [6.07, 6.45) is 2.58. The minimum atomic E-state index is -0.997. The van der Waals surface area contributed by atoms with Crippen molar-refractivity contribution in [3.05, 3.63) is 83.9 Å². The van der Waals surface area contributed by atoms with Crippen LogP contribution in [0, 0.1) is 0 Å². The first-order valence-electron chi connectivity index (χ1n) is 12.1. The van der Waals surface area contributed by atoms with Crippen LogP contribution in [0.15, 0.2) is 72.8 Å². The van der Waals surface area contributed by atoms with Crippen LogP contribution in [-0.2, 0) is 6.54 Å². The van der Waals surface area contributed by atoms with E-state index >= 15 is 0 Å². The predicted molar refractivity (Wildman–Crippen MR) is 145 cm³/mol. The molecule has 0 spiro atoms. The van der Waals surface area contributed by atoms with E-state index in [4.69, 9.17) is 9.47 Å². The number of aromatic nitrogens is 1. The molecule has 1 N–H and O–H groups in total. The molecule has 0 aliphatic carbocycles. The normalized spacial score (nSPS) is 13.5. The molecule has 0 bridgehead atoms. The molecule has 6 nitrogen and oxygen atoms in total. The van der Waals surface area contributed by atoms with Crippen molar-refractivity contribution in [1.29, 1.82) is 0 Å². The molecule has 1 aliphatic rings. The first kappa shape index (κ1) is 25.9. The summed E-state index contributed by atoms with van der Waals surface area (Å²) in [6, 6.07) is 24.0. The van der Waals surface area contributed by atoms with Gasteiger partial charge < -0.3 is 19.1 Å². The van der Waals surface area contributed by atoms with E-state index in [1.54, 1.807) is 12.1 Å². The number of fused-ring (bicyclic) bond motifs is 1. The number of rotatable bonds is 9. The molecule has 4 aromatic rings. The third kappa shape index (κ3) is 5.62. The number of hydrogen-bond donors (Lipinski definition) is 1. The van der Waals surface area contributed by atoms with Gasteiger partial charge in [-0.3, -0.25) is 4.90 Å². The molecule has 1 saturated heterocycles. The molecule has 1 aromatic heterocycles. The van der Waals surface area contributed by atoms with Crippen LogP contribution in [0.5, 0.6) is 11.5 Å². The number of ether oxygens (including phenoxy) is 2. The second kappa shape index (κ2) is 11.7. The molecule has 0 amide bonds. The quantitative estimate of drug-likeness (QED) is 0.347. The van der Waals surface area contributed by atoms with Crippen molar-refractivity contribution in [1.82, 2.24) is 9.47 Å². The summed E-state index contributed by atoms with van der Waals surface area (Å²) in [5.74, 6) is 0.247. The molecule has 0 saturated carbocycles. The number of hydrogen-bond acceptors (Lipinski definition) is 4. The Labute approximate surface area is 223 Å². The molecule has 0 radical (unpaired) electrons. The number of aromatic carboxylic acids is 1. The molecule has 1 fully saturated rings. The molecule has 36 heavy (non-hydrogen) atoms. The Morgan fingerprint density at radius 3 is 2.44 bits per heavy atom. The van der Waals surface area contributed by atoms with Crippen LogP contribution in [0.2, 0.25) is 0 Å². The monoisotopic (exact) mass is 478 g/mol. The van der Waals surface area contributed by atoms with Crippen LogP contribution in [0.3, 0.4) is 0 Å². The number of likely N-dealkylation sites (tertiary alicyclic amines) is 1. The Kier molecular flexibility index (Phi) is 8.43. The van der Waals surface area contributed by atoms with E-state index in [0.29, 0.717) is 18.9 Å². The fourth-order valence-electron chi connectivity index (χ4n) is 4.83. The summed E-state index contributed by atoms with van der Waals surface area (Å²) < 4.78 is 13.6. The number of carboxylic acids is 1. The minimum absolute atomic E-state index is 0. The van der Waals surface area contributed by atoms with Gasteiger partial charge >= 0.3 is 24.8 Å². The molecule has 1 aliphatic heterocycles. The van der Waals surface area contributed by atoms with E-state index in [1.807, 2.05) is 30.3 Å². The van der Waals surface area contributed by atoms with Crippen molar-refractivity contribution >= 4 is 35.7 Å². The zero-order chi connectivity index (χ0) is 24.2. The van der Waals surface area contributed by atoms with E-state index in [1.165, 1.54) is 33.0 Å². The van der Waals surface area contributed by atoms with E-state index < -0.39 is 5.97 Å². The van der Waals surface area contributed by atoms with Crippen molar-refractivity contribution in [3.8, 4) is 22.8 Å². The summed E-state index contributed by atoms with van der Waals surface area (Å²) in [7, 11) is 1.50. The van der Waals surface area contributed by atoms with Crippen LogP contribution in [0.4, 0.5) is 0 Å². The number of carbonyl (C=O) groups is 1. The Morgan fingerprint density at radius 2 is 1.72 bits per heavy atom. The Balaban J connectivity index is 0.00000304. The summed E-state index contributed by atoms with van der Waals surface area (Å²) >= 11 is 0. The topological polar surface area (TPSA) is 63.9 Å². The molecule has 2 heterocycles. The van der Waals surface area contributed by atoms with Gasteiger partial charge in [0.15, 0.2) is 0 Å². The Morgan fingerprint density at radius 1 is 0.972 bits per heavy atom. The van der Waals surface area contributed by atoms with Gasteiger partial charge in [-0.05, 0) is 85.6 Å². The van der Waals surface area contributed by atoms with Gasteiger partial charge in [0.25, 0.3) is 0 Å². The third-order valence-corrected chi connectivity index (χ3v) is 6.67. The van der Waals surface area contributed by atoms with Crippen molar-refractivity contribution in [2.24, 2.45) is 0 Å². The Bertz CT molecular complexity index is 1330. The summed E-state index contributed by atoms with van der Waals surface area (Å²) in [5.41, 5.74) is 4.44. The second-order valence-corrected chi connectivity index (χ2v) is 8.94. The van der Waals surface area contributed by atoms with Gasteiger partial charge in [0.2, 0.25) is 0 Å². The molecular formula is C29H31LiN2O4. The van der Waals surface area contributed by atoms with Crippen LogP contribution < -0.4 is 9.47 Å². The maximum atomic E-state index is 11.5. The number of carboxylic acid groups (broad SMARTS) is 1. The first-order chi connectivity index (χ1) is 17.1. The first-order valence-corrected chi connectivity index (χ1v) is 12.1. The molecule has 0 unspecified atom stereocenters. The molecular weight excluding hydrogens is 447 g/mol. The van der Waals surface area contributed by atoms with Crippen molar-refractivity contribution in [3.63, 3.8) is 0 Å². The van der Waals surface area contributed by atoms with Gasteiger partial charge in [0.1, 0.15) is 23.7 Å². The third-order valence-electron chi connectivity index (χ3n) is 6.67. The number of methoxy groups -OCH3 is 1. The summed E-state index contributed by atoms with van der Waals surface area (Å²) in [6.45, 7) is 4.62. The van der Waals surface area contributed by atoms with Gasteiger partial charge in [0.05, 0.1) is 7.11 Å². The van der Waals surface area contributed by atoms with Gasteiger partial charge in [-0.1, -0.05) is 24.3 Å². The van der Waals surface area contributed by atoms with Gasteiger partial charge in [-0.2, -0.15) is 0 Å². The molecule has 3 aromatic carbocycles. The standard InChI is InChI=1S/C29H30N2O4.Li.H/c1-34-28-18-21(8-13-25(28)29(32)33)20-31-26-7-3-2-6-23(26)19-27(31)22-9-11-24(12-10-22)35-17-16-30-14-4-5-15-30;;/h2-3,6-13,18-19H,4-5,14-17,20H2,1H3,(H,32,33);;. The van der Waals surface area contributed by atoms with Crippen molar-refractivity contribution in [2.75, 3.05) is 33.4 Å². The van der Waals surface area contributed by atoms with E-state index in [-0.39, 0.29) is 24.4 Å². The zero-order valence-corrected chi connectivity index (χ0v) is 19.9. The average molecular weight is 479 g/mol. The van der Waals surface area contributed by atoms with Crippen LogP contribution in [0.25, 0.3) is 22.2 Å². The van der Waals surface area contributed by atoms with Crippen LogP contribution >= 0.6 is 0 Å². The number of nitrogens with zero attached hydrogens (tertiary/aromatic N) is 2. The van der Waals surface area contributed by atoms with Crippen molar-refractivity contribution < 1.29 is 19.4 Å². The van der Waals surface area contributed by atoms with Crippen LogP contribution in [-0.4, -0.2) is 72.8 Å². The van der Waals surface area contributed by atoms with Crippen LogP contribution in [0.1, 0.15) is 28.8 Å². The predicted octanol–water partition coefficient (Wildman–Crippen LogP) is 4.89. The molecule has 182 valence electrons. The van der Waals surface area contributed by atoms with E-state index in [9.17, 15) is 9.90 Å². The maximum absolute atomic E-state index is 11.5. The second-order valence-electron chi connectivity index (χ2n) is 8.94. The summed E-state index contributed by atoms with van der Waals surface area (Å²) in [5, 5.41) is 10.6. The molecule has 0 atom stereocenters. The number of para-hydroxylation sites is 1. The SMILES string of the molecule is COc1cc(Cn2c(-c3ccc(OCCN4CCCC4)cc3)cc3ccccc32)ccc1C(=O)O.[LiH]. The van der Waals surface area contributed by atoms with E-state index in [0.717, 1.165) is 40.0 Å². The molecule has 5 rings (SSSR count). The fourth-order valence-corrected chi connectivity index (χ4v) is 4.83. The van der Waals surface area contributed by atoms with E-state index in [2.05, 4.69) is 39.8 Å². The fraction of sp³-hybridized carbons (Fsp3) is 0.276. The zero-order valence-electron chi connectivity index (χ0n) is 19.9. The van der Waals surface area contributed by atoms with Gasteiger partial charge in [-0.15, -0.1) is 0 Å².